The summed E-state index contributed by atoms with van der Waals surface area (Å²) in [6, 6.07) is 1.34. The van der Waals surface area contributed by atoms with Crippen molar-refractivity contribution in [2.24, 2.45) is 7.05 Å². The van der Waals surface area contributed by atoms with E-state index in [1.165, 1.54) is 32.5 Å². The Morgan fingerprint density at radius 2 is 1.93 bits per heavy atom. The van der Waals surface area contributed by atoms with E-state index in [4.69, 9.17) is 9.47 Å². The molecule has 1 fully saturated rings. The number of amides is 1. The van der Waals surface area contributed by atoms with Crippen LogP contribution < -0.4 is 5.32 Å². The zero-order chi connectivity index (χ0) is 22.1. The van der Waals surface area contributed by atoms with E-state index in [0.29, 0.717) is 23.8 Å². The molecule has 2 aromatic rings. The van der Waals surface area contributed by atoms with Gasteiger partial charge in [0.25, 0.3) is 5.91 Å². The third-order valence-electron chi connectivity index (χ3n) is 4.91. The van der Waals surface area contributed by atoms with Gasteiger partial charge in [-0.1, -0.05) is 0 Å². The zero-order valence-electron chi connectivity index (χ0n) is 17.4. The number of aryl methyl sites for hydroxylation is 2. The summed E-state index contributed by atoms with van der Waals surface area (Å²) in [7, 11) is -2.12. The SMILES string of the molecule is CCOC(=O)c1c(NC(=O)c2cc(S(=O)(=O)N3CCOCC3)cn2C)sc(C)c1C. The largest absolute Gasteiger partial charge is 0.462 e. The number of sulfonamides is 1. The highest BCUT2D eigenvalue weighted by Crippen LogP contribution is 2.33. The summed E-state index contributed by atoms with van der Waals surface area (Å²) in [6.45, 7) is 6.81. The molecule has 0 radical (unpaired) electrons. The summed E-state index contributed by atoms with van der Waals surface area (Å²) in [5.41, 5.74) is 1.24. The molecule has 1 aliphatic heterocycles. The normalized spacial score (nSPS) is 15.2. The van der Waals surface area contributed by atoms with Crippen molar-refractivity contribution in [3.63, 3.8) is 0 Å². The van der Waals surface area contributed by atoms with Gasteiger partial charge in [-0.05, 0) is 32.4 Å². The molecule has 0 aromatic carbocycles. The standard InChI is InChI=1S/C19H25N3O6S2/c1-5-28-19(24)16-12(2)13(3)29-18(16)20-17(23)15-10-14(11-21(15)4)30(25,26)22-6-8-27-9-7-22/h10-11H,5-9H2,1-4H3,(H,20,23). The Balaban J connectivity index is 1.87. The molecule has 2 aromatic heterocycles. The summed E-state index contributed by atoms with van der Waals surface area (Å²) in [5.74, 6) is -1.01. The fourth-order valence-electron chi connectivity index (χ4n) is 3.17. The lowest BCUT2D eigenvalue weighted by Crippen LogP contribution is -2.40. The van der Waals surface area contributed by atoms with Crippen molar-refractivity contribution in [3.8, 4) is 0 Å². The van der Waals surface area contributed by atoms with Gasteiger partial charge in [-0.2, -0.15) is 4.31 Å². The van der Waals surface area contributed by atoms with Crippen LogP contribution in [-0.4, -0.2) is 62.1 Å². The number of carbonyl (C=O) groups excluding carboxylic acids is 2. The van der Waals surface area contributed by atoms with Gasteiger partial charge in [-0.25, -0.2) is 13.2 Å². The van der Waals surface area contributed by atoms with Crippen LogP contribution in [0.3, 0.4) is 0 Å². The first-order chi connectivity index (χ1) is 14.2. The quantitative estimate of drug-likeness (QED) is 0.669. The van der Waals surface area contributed by atoms with Crippen molar-refractivity contribution in [2.45, 2.75) is 25.7 Å². The van der Waals surface area contributed by atoms with Gasteiger partial charge in [0, 0.05) is 31.2 Å². The third kappa shape index (κ3) is 4.29. The molecule has 0 bridgehead atoms. The molecule has 11 heteroatoms. The maximum atomic E-state index is 12.9. The predicted molar refractivity (Wildman–Crippen MR) is 113 cm³/mol. The Morgan fingerprint density at radius 1 is 1.27 bits per heavy atom. The molecule has 0 unspecified atom stereocenters. The minimum atomic E-state index is -3.72. The van der Waals surface area contributed by atoms with Gasteiger partial charge < -0.3 is 19.4 Å². The lowest BCUT2D eigenvalue weighted by molar-refractivity contribution is 0.0527. The minimum absolute atomic E-state index is 0.0428. The number of esters is 1. The smallest absolute Gasteiger partial charge is 0.341 e. The second-order valence-corrected chi connectivity index (χ2v) is 10.0. The minimum Gasteiger partial charge on any atom is -0.462 e. The number of carbonyl (C=O) groups is 2. The molecule has 9 nitrogen and oxygen atoms in total. The summed E-state index contributed by atoms with van der Waals surface area (Å²) in [4.78, 5) is 26.2. The van der Waals surface area contributed by atoms with E-state index in [9.17, 15) is 18.0 Å². The molecule has 1 amide bonds. The van der Waals surface area contributed by atoms with Crippen LogP contribution in [0.2, 0.25) is 0 Å². The van der Waals surface area contributed by atoms with Crippen molar-refractivity contribution < 1.29 is 27.5 Å². The van der Waals surface area contributed by atoms with E-state index in [-0.39, 0.29) is 30.3 Å². The van der Waals surface area contributed by atoms with Crippen molar-refractivity contribution in [1.82, 2.24) is 8.87 Å². The van der Waals surface area contributed by atoms with Gasteiger partial charge in [0.1, 0.15) is 15.6 Å². The number of thiophene rings is 1. The Bertz CT molecular complexity index is 1060. The number of hydrogen-bond donors (Lipinski definition) is 1. The maximum absolute atomic E-state index is 12.9. The fraction of sp³-hybridized carbons (Fsp3) is 0.474. The summed E-state index contributed by atoms with van der Waals surface area (Å²) < 4.78 is 38.8. The molecule has 164 valence electrons. The molecule has 0 spiro atoms. The number of anilines is 1. The van der Waals surface area contributed by atoms with Crippen LogP contribution in [0.1, 0.15) is 38.2 Å². The van der Waals surface area contributed by atoms with Crippen LogP contribution in [0.25, 0.3) is 0 Å². The van der Waals surface area contributed by atoms with Gasteiger partial charge in [-0.15, -0.1) is 11.3 Å². The Labute approximate surface area is 179 Å². The van der Waals surface area contributed by atoms with E-state index in [2.05, 4.69) is 5.32 Å². The van der Waals surface area contributed by atoms with Crippen LogP contribution >= 0.6 is 11.3 Å². The number of morpholine rings is 1. The van der Waals surface area contributed by atoms with Gasteiger partial charge in [-0.3, -0.25) is 4.79 Å². The molecule has 0 aliphatic carbocycles. The molecule has 3 heterocycles. The fourth-order valence-corrected chi connectivity index (χ4v) is 5.69. The highest BCUT2D eigenvalue weighted by molar-refractivity contribution is 7.89. The Kier molecular flexibility index (Phi) is 6.65. The van der Waals surface area contributed by atoms with Crippen LogP contribution in [0.5, 0.6) is 0 Å². The summed E-state index contributed by atoms with van der Waals surface area (Å²) in [6.07, 6.45) is 1.41. The number of nitrogens with zero attached hydrogens (tertiary/aromatic N) is 2. The van der Waals surface area contributed by atoms with Gasteiger partial charge in [0.15, 0.2) is 0 Å². The number of nitrogens with one attached hydrogen (secondary N) is 1. The lowest BCUT2D eigenvalue weighted by Gasteiger charge is -2.25. The molecule has 1 N–H and O–H groups in total. The first-order valence-electron chi connectivity index (χ1n) is 9.49. The summed E-state index contributed by atoms with van der Waals surface area (Å²) in [5, 5.41) is 3.12. The topological polar surface area (TPSA) is 107 Å². The first-order valence-corrected chi connectivity index (χ1v) is 11.7. The van der Waals surface area contributed by atoms with E-state index in [0.717, 1.165) is 10.4 Å². The Hall–Kier alpha value is -2.21. The maximum Gasteiger partial charge on any atom is 0.341 e. The van der Waals surface area contributed by atoms with E-state index >= 15 is 0 Å². The highest BCUT2D eigenvalue weighted by atomic mass is 32.2. The van der Waals surface area contributed by atoms with Crippen molar-refractivity contribution in [2.75, 3.05) is 38.2 Å². The van der Waals surface area contributed by atoms with Crippen molar-refractivity contribution in [3.05, 3.63) is 34.0 Å². The molecule has 0 atom stereocenters. The second-order valence-electron chi connectivity index (χ2n) is 6.85. The van der Waals surface area contributed by atoms with E-state index in [1.54, 1.807) is 20.9 Å². The highest BCUT2D eigenvalue weighted by Gasteiger charge is 2.29. The van der Waals surface area contributed by atoms with Crippen molar-refractivity contribution in [1.29, 1.82) is 0 Å². The van der Waals surface area contributed by atoms with Gasteiger partial charge in [0.2, 0.25) is 10.0 Å². The third-order valence-corrected chi connectivity index (χ3v) is 7.90. The predicted octanol–water partition coefficient (Wildman–Crippen LogP) is 2.15. The number of rotatable bonds is 6. The average Bonchev–Trinajstić information content (AvgIpc) is 3.23. The van der Waals surface area contributed by atoms with Crippen LogP contribution in [0, 0.1) is 13.8 Å². The van der Waals surface area contributed by atoms with Gasteiger partial charge >= 0.3 is 5.97 Å². The second kappa shape index (κ2) is 8.88. The number of hydrogen-bond acceptors (Lipinski definition) is 7. The molecular formula is C19H25N3O6S2. The molecule has 30 heavy (non-hydrogen) atoms. The first kappa shape index (κ1) is 22.5. The van der Waals surface area contributed by atoms with Crippen LogP contribution in [-0.2, 0) is 26.5 Å². The van der Waals surface area contributed by atoms with Crippen LogP contribution in [0.15, 0.2) is 17.2 Å². The van der Waals surface area contributed by atoms with E-state index < -0.39 is 21.9 Å². The lowest BCUT2D eigenvalue weighted by atomic mass is 10.1. The number of ether oxygens (including phenoxy) is 2. The molecule has 1 aliphatic rings. The number of aromatic nitrogens is 1. The van der Waals surface area contributed by atoms with Crippen LogP contribution in [0.4, 0.5) is 5.00 Å². The van der Waals surface area contributed by atoms with E-state index in [1.807, 2.05) is 6.92 Å². The average molecular weight is 456 g/mol. The molecular weight excluding hydrogens is 430 g/mol. The molecule has 3 rings (SSSR count). The summed E-state index contributed by atoms with van der Waals surface area (Å²) >= 11 is 1.28. The zero-order valence-corrected chi connectivity index (χ0v) is 19.0. The van der Waals surface area contributed by atoms with Crippen molar-refractivity contribution >= 4 is 38.2 Å². The Morgan fingerprint density at radius 3 is 2.57 bits per heavy atom. The monoisotopic (exact) mass is 455 g/mol. The molecule has 0 saturated carbocycles. The van der Waals surface area contributed by atoms with Gasteiger partial charge in [0.05, 0.1) is 25.4 Å². The molecule has 1 saturated heterocycles.